The lowest BCUT2D eigenvalue weighted by Gasteiger charge is -2.24. The van der Waals surface area contributed by atoms with Gasteiger partial charge >= 0.3 is 0 Å². The minimum Gasteiger partial charge on any atom is -0.315 e. The Hall–Kier alpha value is -4.24. The first-order valence-corrected chi connectivity index (χ1v) is 13.4. The number of benzene rings is 3. The second kappa shape index (κ2) is 11.0. The van der Waals surface area contributed by atoms with Gasteiger partial charge in [-0.25, -0.2) is 18.2 Å². The van der Waals surface area contributed by atoms with Crippen molar-refractivity contribution in [2.45, 2.75) is 32.6 Å². The largest absolute Gasteiger partial charge is 0.315 e. The van der Waals surface area contributed by atoms with Gasteiger partial charge in [0.25, 0.3) is 15.9 Å². The molecule has 0 saturated heterocycles. The molecule has 0 unspecified atom stereocenters. The lowest BCUT2D eigenvalue weighted by Crippen LogP contribution is -2.39. The van der Waals surface area contributed by atoms with Crippen LogP contribution in [-0.4, -0.2) is 31.7 Å². The summed E-state index contributed by atoms with van der Waals surface area (Å²) in [6, 6.07) is 21.7. The van der Waals surface area contributed by atoms with Crippen molar-refractivity contribution in [1.82, 2.24) is 9.99 Å². The molecule has 9 heteroatoms. The number of hydrogen-bond donors (Lipinski definition) is 1. The van der Waals surface area contributed by atoms with Crippen molar-refractivity contribution < 1.29 is 17.6 Å². The standard InChI is InChI=1S/C29H29FN4O3S/c1-20-12-14-26(15-13-20)38(36,37)33(25-9-7-8-21(2)16-25)19-29(35)32-31-18-24-17-22(3)34(23(24)4)28-11-6-5-10-27(28)30/h5-18H,19H2,1-4H3,(H,32,35)/b31-18-. The number of halogens is 1. The first kappa shape index (κ1) is 26.8. The molecule has 38 heavy (non-hydrogen) atoms. The average Bonchev–Trinajstić information content (AvgIpc) is 3.15. The number of rotatable bonds is 8. The van der Waals surface area contributed by atoms with E-state index in [1.165, 1.54) is 24.4 Å². The van der Waals surface area contributed by atoms with Crippen LogP contribution in [0.1, 0.15) is 28.1 Å². The van der Waals surface area contributed by atoms with Gasteiger partial charge in [-0.2, -0.15) is 5.10 Å². The fourth-order valence-corrected chi connectivity index (χ4v) is 5.61. The zero-order chi connectivity index (χ0) is 27.4. The minimum atomic E-state index is -4.02. The van der Waals surface area contributed by atoms with E-state index in [4.69, 9.17) is 0 Å². The third-order valence-corrected chi connectivity index (χ3v) is 7.93. The van der Waals surface area contributed by atoms with Crippen molar-refractivity contribution >= 4 is 27.8 Å². The third kappa shape index (κ3) is 5.68. The molecule has 0 spiro atoms. The Bertz CT molecular complexity index is 1610. The summed E-state index contributed by atoms with van der Waals surface area (Å²) >= 11 is 0. The quantitative estimate of drug-likeness (QED) is 0.250. The summed E-state index contributed by atoms with van der Waals surface area (Å²) < 4.78 is 44.2. The summed E-state index contributed by atoms with van der Waals surface area (Å²) in [4.78, 5) is 13.0. The van der Waals surface area contributed by atoms with Gasteiger partial charge in [0.2, 0.25) is 0 Å². The van der Waals surface area contributed by atoms with Gasteiger partial charge in [0.05, 0.1) is 22.5 Å². The number of sulfonamides is 1. The average molecular weight is 533 g/mol. The highest BCUT2D eigenvalue weighted by Gasteiger charge is 2.27. The van der Waals surface area contributed by atoms with E-state index in [0.29, 0.717) is 16.9 Å². The number of aromatic nitrogens is 1. The molecule has 1 N–H and O–H groups in total. The van der Waals surface area contributed by atoms with Crippen LogP contribution < -0.4 is 9.73 Å². The molecule has 4 aromatic rings. The summed E-state index contributed by atoms with van der Waals surface area (Å²) in [6.45, 7) is 6.93. The van der Waals surface area contributed by atoms with Crippen molar-refractivity contribution in [3.05, 3.63) is 113 Å². The van der Waals surface area contributed by atoms with Crippen LogP contribution in [0.2, 0.25) is 0 Å². The Morgan fingerprint density at radius 1 is 0.947 bits per heavy atom. The maximum absolute atomic E-state index is 14.4. The number of aryl methyl sites for hydroxylation is 3. The minimum absolute atomic E-state index is 0.0847. The highest BCUT2D eigenvalue weighted by molar-refractivity contribution is 7.92. The summed E-state index contributed by atoms with van der Waals surface area (Å²) in [6.07, 6.45) is 1.46. The lowest BCUT2D eigenvalue weighted by atomic mass is 10.2. The molecule has 0 aliphatic rings. The van der Waals surface area contributed by atoms with Crippen LogP contribution in [0.5, 0.6) is 0 Å². The van der Waals surface area contributed by atoms with Crippen LogP contribution in [0.25, 0.3) is 5.69 Å². The van der Waals surface area contributed by atoms with Crippen molar-refractivity contribution in [2.24, 2.45) is 5.10 Å². The third-order valence-electron chi connectivity index (χ3n) is 6.14. The molecule has 0 bridgehead atoms. The molecule has 0 fully saturated rings. The number of hydrogen-bond acceptors (Lipinski definition) is 4. The van der Waals surface area contributed by atoms with E-state index in [0.717, 1.165) is 26.8 Å². The van der Waals surface area contributed by atoms with Gasteiger partial charge in [0, 0.05) is 17.0 Å². The fourth-order valence-electron chi connectivity index (χ4n) is 4.20. The predicted molar refractivity (Wildman–Crippen MR) is 148 cm³/mol. The highest BCUT2D eigenvalue weighted by Crippen LogP contribution is 2.25. The van der Waals surface area contributed by atoms with Crippen LogP contribution >= 0.6 is 0 Å². The summed E-state index contributed by atoms with van der Waals surface area (Å²) in [5.41, 5.74) is 7.23. The molecule has 0 aliphatic heterocycles. The van der Waals surface area contributed by atoms with Crippen molar-refractivity contribution in [3.8, 4) is 5.69 Å². The smallest absolute Gasteiger partial charge is 0.264 e. The number of nitrogens with zero attached hydrogens (tertiary/aromatic N) is 3. The maximum atomic E-state index is 14.4. The Labute approximate surface area is 222 Å². The molecule has 4 rings (SSSR count). The number of anilines is 1. The molecule has 0 atom stereocenters. The van der Waals surface area contributed by atoms with Gasteiger partial charge in [-0.15, -0.1) is 0 Å². The zero-order valence-corrected chi connectivity index (χ0v) is 22.5. The number of amides is 1. The first-order valence-electron chi connectivity index (χ1n) is 12.0. The fraction of sp³-hybridized carbons (Fsp3) is 0.172. The second-order valence-corrected chi connectivity index (χ2v) is 10.9. The van der Waals surface area contributed by atoms with Gasteiger partial charge in [0.1, 0.15) is 12.4 Å². The molecule has 0 radical (unpaired) electrons. The molecule has 3 aromatic carbocycles. The Kier molecular flexibility index (Phi) is 7.78. The first-order chi connectivity index (χ1) is 18.1. The number of para-hydroxylation sites is 1. The van der Waals surface area contributed by atoms with Crippen molar-refractivity contribution in [3.63, 3.8) is 0 Å². The van der Waals surface area contributed by atoms with E-state index in [2.05, 4.69) is 10.5 Å². The van der Waals surface area contributed by atoms with E-state index in [9.17, 15) is 17.6 Å². The maximum Gasteiger partial charge on any atom is 0.264 e. The molecule has 1 aromatic heterocycles. The number of hydrazone groups is 1. The molecule has 0 saturated carbocycles. The predicted octanol–water partition coefficient (Wildman–Crippen LogP) is 5.20. The molecule has 0 aliphatic carbocycles. The van der Waals surface area contributed by atoms with E-state index < -0.39 is 22.5 Å². The molecular weight excluding hydrogens is 503 g/mol. The van der Waals surface area contributed by atoms with Crippen LogP contribution in [0.3, 0.4) is 0 Å². The zero-order valence-electron chi connectivity index (χ0n) is 21.6. The summed E-state index contributed by atoms with van der Waals surface area (Å²) in [5.74, 6) is -0.960. The van der Waals surface area contributed by atoms with Gasteiger partial charge in [-0.3, -0.25) is 9.10 Å². The normalized spacial score (nSPS) is 11.6. The molecule has 1 heterocycles. The van der Waals surface area contributed by atoms with E-state index >= 15 is 0 Å². The van der Waals surface area contributed by atoms with Gasteiger partial charge in [0.15, 0.2) is 0 Å². The van der Waals surface area contributed by atoms with Crippen LogP contribution in [0, 0.1) is 33.5 Å². The van der Waals surface area contributed by atoms with E-state index in [1.54, 1.807) is 53.1 Å². The number of carbonyl (C=O) groups excluding carboxylic acids is 1. The van der Waals surface area contributed by atoms with Gasteiger partial charge in [-0.05, 0) is 75.7 Å². The molecular formula is C29H29FN4O3S. The van der Waals surface area contributed by atoms with E-state index in [-0.39, 0.29) is 10.7 Å². The Morgan fingerprint density at radius 3 is 2.34 bits per heavy atom. The lowest BCUT2D eigenvalue weighted by molar-refractivity contribution is -0.119. The van der Waals surface area contributed by atoms with E-state index in [1.807, 2.05) is 39.8 Å². The SMILES string of the molecule is Cc1ccc(S(=O)(=O)N(CC(=O)N/N=C\c2cc(C)n(-c3ccccc3F)c2C)c2cccc(C)c2)cc1. The summed E-state index contributed by atoms with van der Waals surface area (Å²) in [5, 5.41) is 4.05. The monoisotopic (exact) mass is 532 g/mol. The summed E-state index contributed by atoms with van der Waals surface area (Å²) in [7, 11) is -4.02. The number of carbonyl (C=O) groups is 1. The van der Waals surface area contributed by atoms with Crippen molar-refractivity contribution in [1.29, 1.82) is 0 Å². The van der Waals surface area contributed by atoms with Gasteiger partial charge in [-0.1, -0.05) is 42.0 Å². The second-order valence-electron chi connectivity index (χ2n) is 9.07. The van der Waals surface area contributed by atoms with Crippen LogP contribution in [-0.2, 0) is 14.8 Å². The number of nitrogens with one attached hydrogen (secondary N) is 1. The molecule has 196 valence electrons. The molecule has 1 amide bonds. The highest BCUT2D eigenvalue weighted by atomic mass is 32.2. The Balaban J connectivity index is 1.56. The Morgan fingerprint density at radius 2 is 1.66 bits per heavy atom. The topological polar surface area (TPSA) is 83.8 Å². The van der Waals surface area contributed by atoms with Crippen LogP contribution in [0.4, 0.5) is 10.1 Å². The van der Waals surface area contributed by atoms with Crippen LogP contribution in [0.15, 0.2) is 88.9 Å². The molecule has 7 nitrogen and oxygen atoms in total. The van der Waals surface area contributed by atoms with Crippen molar-refractivity contribution in [2.75, 3.05) is 10.8 Å². The van der Waals surface area contributed by atoms with Gasteiger partial charge < -0.3 is 4.57 Å².